The summed E-state index contributed by atoms with van der Waals surface area (Å²) in [6.45, 7) is 17.2. The van der Waals surface area contributed by atoms with E-state index in [4.69, 9.17) is 4.74 Å². The number of rotatable bonds is 4. The maximum atomic E-state index is 14.1. The van der Waals surface area contributed by atoms with Crippen molar-refractivity contribution in [3.63, 3.8) is 0 Å². The summed E-state index contributed by atoms with van der Waals surface area (Å²) in [7, 11) is 0. The Balaban J connectivity index is 2.04. The van der Waals surface area contributed by atoms with Crippen LogP contribution in [0.15, 0.2) is 36.0 Å². The van der Waals surface area contributed by atoms with E-state index >= 15 is 0 Å². The summed E-state index contributed by atoms with van der Waals surface area (Å²) in [6.07, 6.45) is 7.18. The van der Waals surface area contributed by atoms with Crippen LogP contribution in [0.2, 0.25) is 0 Å². The molecule has 5 unspecified atom stereocenters. The number of piperidine rings is 1. The Morgan fingerprint density at radius 2 is 1.57 bits per heavy atom. The van der Waals surface area contributed by atoms with Crippen LogP contribution in [-0.2, 0) is 23.9 Å². The van der Waals surface area contributed by atoms with Crippen molar-refractivity contribution in [2.45, 2.75) is 162 Å². The zero-order chi connectivity index (χ0) is 40.5. The third kappa shape index (κ3) is 12.1. The van der Waals surface area contributed by atoms with Crippen LogP contribution in [0.4, 0.5) is 0 Å². The average molecular weight is 760 g/mol. The van der Waals surface area contributed by atoms with E-state index in [0.29, 0.717) is 56.4 Å². The lowest BCUT2D eigenvalue weighted by atomic mass is 9.79. The largest absolute Gasteiger partial charge is 0.456 e. The van der Waals surface area contributed by atoms with Gasteiger partial charge >= 0.3 is 5.97 Å². The third-order valence-corrected chi connectivity index (χ3v) is 12.6. The summed E-state index contributed by atoms with van der Waals surface area (Å²) in [6, 6.07) is -1.18. The molecule has 11 heteroatoms. The Morgan fingerprint density at radius 3 is 2.22 bits per heavy atom. The molecule has 0 radical (unpaired) electrons. The van der Waals surface area contributed by atoms with Crippen molar-refractivity contribution < 1.29 is 49.4 Å². The van der Waals surface area contributed by atoms with Gasteiger partial charge in [-0.05, 0) is 101 Å². The number of ether oxygens (including phenoxy) is 1. The molecule has 12 atom stereocenters. The van der Waals surface area contributed by atoms with E-state index < -0.39 is 71.7 Å². The second-order valence-corrected chi connectivity index (χ2v) is 17.3. The van der Waals surface area contributed by atoms with E-state index in [0.717, 1.165) is 29.7 Å². The molecule has 0 spiro atoms. The fraction of sp³-hybridized carbons (Fsp3) is 0.767. The van der Waals surface area contributed by atoms with Crippen LogP contribution in [0.25, 0.3) is 0 Å². The molecule has 2 heterocycles. The molecule has 54 heavy (non-hydrogen) atoms. The summed E-state index contributed by atoms with van der Waals surface area (Å²) < 4.78 is 6.15. The number of hydrogen-bond acceptors (Lipinski definition) is 10. The lowest BCUT2D eigenvalue weighted by Crippen LogP contribution is -2.58. The van der Waals surface area contributed by atoms with Gasteiger partial charge in [-0.2, -0.15) is 0 Å². The number of allylic oxidation sites excluding steroid dienone is 4. The molecule has 11 nitrogen and oxygen atoms in total. The van der Waals surface area contributed by atoms with E-state index in [1.807, 2.05) is 26.0 Å². The second kappa shape index (κ2) is 20.5. The maximum absolute atomic E-state index is 14.1. The van der Waals surface area contributed by atoms with Gasteiger partial charge in [-0.25, -0.2) is 4.79 Å². The van der Waals surface area contributed by atoms with Crippen molar-refractivity contribution in [3.05, 3.63) is 36.0 Å². The van der Waals surface area contributed by atoms with E-state index in [1.165, 1.54) is 0 Å². The van der Waals surface area contributed by atoms with E-state index in [9.17, 15) is 44.7 Å². The highest BCUT2D eigenvalue weighted by Crippen LogP contribution is 2.34. The molecule has 0 aromatic rings. The molecule has 0 aromatic carbocycles. The molecule has 1 aliphatic carbocycles. The van der Waals surface area contributed by atoms with Crippen LogP contribution in [0.5, 0.6) is 0 Å². The Morgan fingerprint density at radius 1 is 0.889 bits per heavy atom. The topological polar surface area (TPSA) is 182 Å². The van der Waals surface area contributed by atoms with Gasteiger partial charge in [-0.3, -0.25) is 14.4 Å². The van der Waals surface area contributed by atoms with Crippen LogP contribution in [0.3, 0.4) is 0 Å². The molecule has 5 N–H and O–H groups in total. The van der Waals surface area contributed by atoms with Crippen LogP contribution >= 0.6 is 0 Å². The van der Waals surface area contributed by atoms with Gasteiger partial charge in [0.2, 0.25) is 5.79 Å². The molecule has 2 fully saturated rings. The predicted molar refractivity (Wildman–Crippen MR) is 206 cm³/mol. The summed E-state index contributed by atoms with van der Waals surface area (Å²) in [5.74, 6) is -8.26. The maximum Gasteiger partial charge on any atom is 0.329 e. The first kappa shape index (κ1) is 45.7. The first-order valence-corrected chi connectivity index (χ1v) is 20.3. The van der Waals surface area contributed by atoms with Gasteiger partial charge < -0.3 is 35.2 Å². The van der Waals surface area contributed by atoms with Gasteiger partial charge in [0.25, 0.3) is 11.7 Å². The van der Waals surface area contributed by atoms with Crippen molar-refractivity contribution in [3.8, 4) is 0 Å². The van der Waals surface area contributed by atoms with Gasteiger partial charge in [0, 0.05) is 30.7 Å². The standard InChI is InChI=1S/C43H69NO10/c1-9-12-33-20-26(3)19-25(2)14-15-27(4)28(5)21-30(7)43(52,53)40(49)41(50)44-18-11-10-13-34(44)42(51)54-39(31(8)36(46)24-37(33)47)29(6)22-32-16-17-35(45)38(48)23-32/h9,20,22,25,27-28,30-36,38-39,45-46,48,52-53H,1,10-19,21,23-24H2,2-8H3/b26-20+,29-22+/t25-,27?,28+,30?,31-,32+,33-,34?,35?,36+,38?,39-/m1/s1. The summed E-state index contributed by atoms with van der Waals surface area (Å²) in [4.78, 5) is 56.2. The zero-order valence-electron chi connectivity index (χ0n) is 33.8. The Hall–Kier alpha value is -2.70. The SMILES string of the molecule is C=CC[C@@H]1/C=C(\C)C[C@H](C)CCC(C)[C@@H](C)CC(C)C(O)(O)C(=O)C(=O)N2CCCCC2C(=O)O[C@H](/C(C)=C/[C@@H]2CCC(O)C(O)C2)[C@H](C)[C@@H](O)CC1=O. The highest BCUT2D eigenvalue weighted by Gasteiger charge is 2.48. The molecule has 306 valence electrons. The van der Waals surface area contributed by atoms with E-state index in [-0.39, 0.29) is 42.9 Å². The average Bonchev–Trinajstić information content (AvgIpc) is 3.12. The van der Waals surface area contributed by atoms with Crippen LogP contribution < -0.4 is 0 Å². The predicted octanol–water partition coefficient (Wildman–Crippen LogP) is 5.21. The van der Waals surface area contributed by atoms with Crippen molar-refractivity contribution in [2.75, 3.05) is 6.54 Å². The first-order chi connectivity index (χ1) is 25.3. The molecule has 3 aliphatic rings. The second-order valence-electron chi connectivity index (χ2n) is 17.3. The van der Waals surface area contributed by atoms with Crippen molar-refractivity contribution in [1.29, 1.82) is 0 Å². The molecule has 0 bridgehead atoms. The number of cyclic esters (lactones) is 1. The fourth-order valence-corrected chi connectivity index (χ4v) is 8.60. The van der Waals surface area contributed by atoms with Gasteiger partial charge in [0.05, 0.1) is 18.3 Å². The number of ketones is 2. The van der Waals surface area contributed by atoms with E-state index in [1.54, 1.807) is 26.8 Å². The molecular formula is C43H69NO10. The smallest absolute Gasteiger partial charge is 0.329 e. The number of carbonyl (C=O) groups is 4. The molecule has 1 saturated carbocycles. The highest BCUT2D eigenvalue weighted by molar-refractivity contribution is 6.39. The quantitative estimate of drug-likeness (QED) is 0.111. The van der Waals surface area contributed by atoms with E-state index in [2.05, 4.69) is 20.4 Å². The molecule has 1 saturated heterocycles. The molecular weight excluding hydrogens is 690 g/mol. The summed E-state index contributed by atoms with van der Waals surface area (Å²) in [5.41, 5.74) is 1.65. The minimum atomic E-state index is -2.94. The number of hydrogen-bond donors (Lipinski definition) is 5. The third-order valence-electron chi connectivity index (χ3n) is 12.6. The number of amides is 1. The number of aliphatic hydroxyl groups excluding tert-OH is 3. The molecule has 3 rings (SSSR count). The van der Waals surface area contributed by atoms with Gasteiger partial charge in [0.1, 0.15) is 17.9 Å². The number of esters is 1. The van der Waals surface area contributed by atoms with Gasteiger partial charge in [0.15, 0.2) is 0 Å². The van der Waals surface area contributed by atoms with Crippen molar-refractivity contribution >= 4 is 23.4 Å². The van der Waals surface area contributed by atoms with Crippen molar-refractivity contribution in [1.82, 2.24) is 4.90 Å². The van der Waals surface area contributed by atoms with Crippen LogP contribution in [-0.4, -0.2) is 96.7 Å². The van der Waals surface area contributed by atoms with Gasteiger partial charge in [-0.1, -0.05) is 71.3 Å². The number of nitrogens with zero attached hydrogens (tertiary/aromatic N) is 1. The summed E-state index contributed by atoms with van der Waals surface area (Å²) >= 11 is 0. The minimum absolute atomic E-state index is 0.0166. The monoisotopic (exact) mass is 759 g/mol. The van der Waals surface area contributed by atoms with Crippen molar-refractivity contribution in [2.24, 2.45) is 41.4 Å². The molecule has 0 aromatic heterocycles. The first-order valence-electron chi connectivity index (χ1n) is 20.3. The fourth-order valence-electron chi connectivity index (χ4n) is 8.60. The summed E-state index contributed by atoms with van der Waals surface area (Å²) in [5, 5.41) is 54.3. The van der Waals surface area contributed by atoms with Crippen LogP contribution in [0, 0.1) is 41.4 Å². The highest BCUT2D eigenvalue weighted by atomic mass is 16.5. The zero-order valence-corrected chi connectivity index (χ0v) is 33.8. The number of carbonyl (C=O) groups excluding carboxylic acids is 4. The molecule has 1 amide bonds. The number of aliphatic hydroxyl groups is 5. The normalized spacial score (nSPS) is 38.9. The number of fused-ring (bicyclic) bond motifs is 1. The Labute approximate surface area is 322 Å². The Kier molecular flexibility index (Phi) is 17.3. The van der Waals surface area contributed by atoms with Gasteiger partial charge in [-0.15, -0.1) is 6.58 Å². The lowest BCUT2D eigenvalue weighted by molar-refractivity contribution is -0.207. The molecule has 2 aliphatic heterocycles. The Bertz CT molecular complexity index is 1370. The van der Waals surface area contributed by atoms with Crippen LogP contribution in [0.1, 0.15) is 126 Å². The number of Topliss-reactive ketones (excluding diaryl/α,β-unsaturated/α-hetero) is 2. The lowest BCUT2D eigenvalue weighted by Gasteiger charge is -2.38. The minimum Gasteiger partial charge on any atom is -0.456 e.